The van der Waals surface area contributed by atoms with Crippen LogP contribution >= 0.6 is 12.6 Å². The van der Waals surface area contributed by atoms with Crippen molar-refractivity contribution in [2.24, 2.45) is 0 Å². The summed E-state index contributed by atoms with van der Waals surface area (Å²) in [7, 11) is 0. The molecule has 0 aromatic rings. The number of carboxylic acids is 1. The lowest BCUT2D eigenvalue weighted by atomic mass is 10.1. The topological polar surface area (TPSA) is 37.3 Å². The van der Waals surface area contributed by atoms with Gasteiger partial charge in [0.15, 0.2) is 0 Å². The quantitative estimate of drug-likeness (QED) is 0.308. The summed E-state index contributed by atoms with van der Waals surface area (Å²) in [5.74, 6) is -0.796. The van der Waals surface area contributed by atoms with Crippen LogP contribution in [0.3, 0.4) is 0 Å². The van der Waals surface area contributed by atoms with Gasteiger partial charge in [0.2, 0.25) is 0 Å². The molecule has 0 radical (unpaired) electrons. The Bertz CT molecular complexity index is 204. The highest BCUT2D eigenvalue weighted by molar-refractivity contribution is 7.81. The average Bonchev–Trinajstić information content (AvgIpc) is 2.31. The zero-order chi connectivity index (χ0) is 12.9. The molecule has 1 unspecified atom stereocenters. The van der Waals surface area contributed by atoms with Crippen molar-refractivity contribution in [3.05, 3.63) is 12.7 Å². The summed E-state index contributed by atoms with van der Waals surface area (Å²) >= 11 is 4.01. The highest BCUT2D eigenvalue weighted by Gasteiger charge is 2.10. The fraction of sp³-hybridized carbons (Fsp3) is 0.786. The van der Waals surface area contributed by atoms with Crippen molar-refractivity contribution in [3.8, 4) is 0 Å². The molecule has 2 nitrogen and oxygen atoms in total. The Labute approximate surface area is 111 Å². The second-order valence-corrected chi connectivity index (χ2v) is 5.17. The minimum absolute atomic E-state index is 0.478. The molecule has 0 aliphatic heterocycles. The first kappa shape index (κ1) is 16.6. The number of rotatable bonds is 12. The highest BCUT2D eigenvalue weighted by Crippen LogP contribution is 2.13. The maximum atomic E-state index is 10.5. The van der Waals surface area contributed by atoms with Crippen molar-refractivity contribution in [1.82, 2.24) is 0 Å². The van der Waals surface area contributed by atoms with Gasteiger partial charge in [0.1, 0.15) is 0 Å². The van der Waals surface area contributed by atoms with Gasteiger partial charge < -0.3 is 5.11 Å². The molecule has 0 saturated heterocycles. The van der Waals surface area contributed by atoms with Gasteiger partial charge in [-0.05, 0) is 19.3 Å². The molecule has 0 bridgehead atoms. The van der Waals surface area contributed by atoms with Gasteiger partial charge >= 0.3 is 5.97 Å². The van der Waals surface area contributed by atoms with Crippen LogP contribution in [0.5, 0.6) is 0 Å². The molecular formula is C14H26O2S. The molecule has 0 aromatic heterocycles. The largest absolute Gasteiger partial charge is 0.480 e. The standard InChI is InChI=1S/C14H26O2S/c1-2-3-4-5-6-7-8-9-10-11-12-13(17)14(15)16/h2,13,17H,1,3-12H2,(H,15,16). The molecule has 1 atom stereocenters. The third-order valence-corrected chi connectivity index (χ3v) is 3.40. The van der Waals surface area contributed by atoms with E-state index in [0.29, 0.717) is 6.42 Å². The molecule has 0 aromatic carbocycles. The lowest BCUT2D eigenvalue weighted by Gasteiger charge is -2.05. The van der Waals surface area contributed by atoms with Crippen molar-refractivity contribution in [2.75, 3.05) is 0 Å². The van der Waals surface area contributed by atoms with E-state index in [2.05, 4.69) is 19.2 Å². The lowest BCUT2D eigenvalue weighted by molar-refractivity contribution is -0.136. The first-order valence-electron chi connectivity index (χ1n) is 6.70. The normalized spacial score (nSPS) is 12.3. The number of carbonyl (C=O) groups is 1. The number of hydrogen-bond acceptors (Lipinski definition) is 2. The number of hydrogen-bond donors (Lipinski definition) is 2. The third-order valence-electron chi connectivity index (χ3n) is 2.92. The van der Waals surface area contributed by atoms with Crippen LogP contribution < -0.4 is 0 Å². The number of thiol groups is 1. The Morgan fingerprint density at radius 3 is 2.00 bits per heavy atom. The molecule has 0 spiro atoms. The number of unbranched alkanes of at least 4 members (excludes halogenated alkanes) is 8. The van der Waals surface area contributed by atoms with Crippen LogP contribution in [0.15, 0.2) is 12.7 Å². The monoisotopic (exact) mass is 258 g/mol. The van der Waals surface area contributed by atoms with Crippen LogP contribution in [-0.4, -0.2) is 16.3 Å². The molecular weight excluding hydrogens is 232 g/mol. The van der Waals surface area contributed by atoms with Crippen molar-refractivity contribution < 1.29 is 9.90 Å². The Morgan fingerprint density at radius 1 is 1.06 bits per heavy atom. The van der Waals surface area contributed by atoms with Crippen LogP contribution in [-0.2, 0) is 4.79 Å². The molecule has 0 fully saturated rings. The van der Waals surface area contributed by atoms with Crippen molar-refractivity contribution in [3.63, 3.8) is 0 Å². The molecule has 0 aliphatic carbocycles. The fourth-order valence-corrected chi connectivity index (χ4v) is 1.99. The van der Waals surface area contributed by atoms with E-state index >= 15 is 0 Å². The van der Waals surface area contributed by atoms with E-state index in [1.54, 1.807) is 0 Å². The Kier molecular flexibility index (Phi) is 11.7. The summed E-state index contributed by atoms with van der Waals surface area (Å²) in [6.07, 6.45) is 13.6. The third kappa shape index (κ3) is 11.8. The molecule has 0 heterocycles. The van der Waals surface area contributed by atoms with Gasteiger partial charge in [-0.25, -0.2) is 0 Å². The fourth-order valence-electron chi connectivity index (χ4n) is 1.81. The smallest absolute Gasteiger partial charge is 0.316 e. The van der Waals surface area contributed by atoms with E-state index in [0.717, 1.165) is 19.3 Å². The average molecular weight is 258 g/mol. The zero-order valence-electron chi connectivity index (χ0n) is 10.7. The van der Waals surface area contributed by atoms with Gasteiger partial charge in [-0.3, -0.25) is 4.79 Å². The van der Waals surface area contributed by atoms with E-state index in [-0.39, 0.29) is 0 Å². The molecule has 0 amide bonds. The molecule has 0 saturated carbocycles. The molecule has 100 valence electrons. The lowest BCUT2D eigenvalue weighted by Crippen LogP contribution is -2.12. The van der Waals surface area contributed by atoms with Gasteiger partial charge in [-0.2, -0.15) is 12.6 Å². The number of carboxylic acid groups (broad SMARTS) is 1. The van der Waals surface area contributed by atoms with E-state index in [1.807, 2.05) is 6.08 Å². The first-order chi connectivity index (χ1) is 8.18. The van der Waals surface area contributed by atoms with Gasteiger partial charge in [0.05, 0.1) is 5.25 Å². The summed E-state index contributed by atoms with van der Waals surface area (Å²) < 4.78 is 0. The molecule has 3 heteroatoms. The van der Waals surface area contributed by atoms with Crippen LogP contribution in [0, 0.1) is 0 Å². The SMILES string of the molecule is C=CCCCCCCCCCCC(S)C(=O)O. The Hall–Kier alpha value is -0.440. The first-order valence-corrected chi connectivity index (χ1v) is 7.22. The van der Waals surface area contributed by atoms with Crippen molar-refractivity contribution in [1.29, 1.82) is 0 Å². The molecule has 0 rings (SSSR count). The van der Waals surface area contributed by atoms with Crippen LogP contribution in [0.25, 0.3) is 0 Å². The van der Waals surface area contributed by atoms with Crippen LogP contribution in [0.1, 0.15) is 64.2 Å². The van der Waals surface area contributed by atoms with Gasteiger partial charge in [-0.1, -0.05) is 51.0 Å². The second kappa shape index (κ2) is 12.0. The minimum atomic E-state index is -0.796. The summed E-state index contributed by atoms with van der Waals surface area (Å²) in [5, 5.41) is 8.16. The van der Waals surface area contributed by atoms with Crippen LogP contribution in [0.2, 0.25) is 0 Å². The number of aliphatic carboxylic acids is 1. The maximum Gasteiger partial charge on any atom is 0.316 e. The molecule has 17 heavy (non-hydrogen) atoms. The van der Waals surface area contributed by atoms with Gasteiger partial charge in [0.25, 0.3) is 0 Å². The second-order valence-electron chi connectivity index (χ2n) is 4.55. The van der Waals surface area contributed by atoms with Crippen molar-refractivity contribution in [2.45, 2.75) is 69.5 Å². The summed E-state index contributed by atoms with van der Waals surface area (Å²) in [6.45, 7) is 3.71. The summed E-state index contributed by atoms with van der Waals surface area (Å²) in [4.78, 5) is 10.5. The van der Waals surface area contributed by atoms with Crippen LogP contribution in [0.4, 0.5) is 0 Å². The van der Waals surface area contributed by atoms with Gasteiger partial charge in [-0.15, -0.1) is 6.58 Å². The predicted molar refractivity (Wildman–Crippen MR) is 76.8 cm³/mol. The maximum absolute atomic E-state index is 10.5. The van der Waals surface area contributed by atoms with Crippen molar-refractivity contribution >= 4 is 18.6 Å². The minimum Gasteiger partial charge on any atom is -0.480 e. The summed E-state index contributed by atoms with van der Waals surface area (Å²) in [5.41, 5.74) is 0. The van der Waals surface area contributed by atoms with E-state index in [4.69, 9.17) is 5.11 Å². The van der Waals surface area contributed by atoms with Gasteiger partial charge in [0, 0.05) is 0 Å². The summed E-state index contributed by atoms with van der Waals surface area (Å²) in [6, 6.07) is 0. The Balaban J connectivity index is 3.08. The zero-order valence-corrected chi connectivity index (χ0v) is 11.6. The van der Waals surface area contributed by atoms with E-state index in [9.17, 15) is 4.79 Å². The van der Waals surface area contributed by atoms with E-state index in [1.165, 1.54) is 38.5 Å². The highest BCUT2D eigenvalue weighted by atomic mass is 32.1. The molecule has 1 N–H and O–H groups in total. The number of allylic oxidation sites excluding steroid dienone is 1. The Morgan fingerprint density at radius 2 is 1.53 bits per heavy atom. The molecule has 0 aliphatic rings. The van der Waals surface area contributed by atoms with E-state index < -0.39 is 11.2 Å². The predicted octanol–water partition coefficient (Wildman–Crippen LogP) is 4.46.